The van der Waals surface area contributed by atoms with Crippen LogP contribution in [0.15, 0.2) is 30.3 Å². The summed E-state index contributed by atoms with van der Waals surface area (Å²) >= 11 is 0. The van der Waals surface area contributed by atoms with Crippen LogP contribution >= 0.6 is 0 Å². The monoisotopic (exact) mass is 247 g/mol. The molecule has 0 N–H and O–H groups in total. The Kier molecular flexibility index (Phi) is 2.30. The van der Waals surface area contributed by atoms with Gasteiger partial charge in [0.05, 0.1) is 11.1 Å². The molecule has 0 atom stereocenters. The predicted octanol–water partition coefficient (Wildman–Crippen LogP) is 2.03. The van der Waals surface area contributed by atoms with Crippen molar-refractivity contribution in [3.63, 3.8) is 0 Å². The first-order valence-electron chi connectivity index (χ1n) is 5.44. The molecule has 0 radical (unpaired) electrons. The van der Waals surface area contributed by atoms with Crippen molar-refractivity contribution in [1.82, 2.24) is 0 Å². The number of esters is 2. The number of benzene rings is 2. The highest BCUT2D eigenvalue weighted by atomic mass is 16.6. The van der Waals surface area contributed by atoms with Crippen LogP contribution in [0, 0.1) is 23.2 Å². The minimum absolute atomic E-state index is 0.340. The molecule has 4 nitrogen and oxygen atoms in total. The molecule has 0 aliphatic carbocycles. The van der Waals surface area contributed by atoms with E-state index in [1.54, 1.807) is 36.4 Å². The third-order valence-electron chi connectivity index (χ3n) is 2.92. The van der Waals surface area contributed by atoms with Crippen LogP contribution in [-0.4, -0.2) is 11.9 Å². The van der Waals surface area contributed by atoms with Crippen LogP contribution in [0.4, 0.5) is 0 Å². The lowest BCUT2D eigenvalue weighted by Gasteiger charge is -2.15. The molecule has 2 aromatic rings. The molecule has 1 heterocycles. The Morgan fingerprint density at radius 1 is 1.00 bits per heavy atom. The standard InChI is InChI=1S/C15H5NO3/c16-8-2-3-9-6-7-12-13-10(9)4-1-5-11(13)14(17)19-15(12)18/h1,4-7H. The number of rotatable bonds is 0. The van der Waals surface area contributed by atoms with Gasteiger partial charge in [0.25, 0.3) is 0 Å². The molecule has 0 bridgehead atoms. The van der Waals surface area contributed by atoms with Crippen LogP contribution in [-0.2, 0) is 4.74 Å². The van der Waals surface area contributed by atoms with Gasteiger partial charge in [-0.25, -0.2) is 9.59 Å². The number of hydrogen-bond acceptors (Lipinski definition) is 4. The lowest BCUT2D eigenvalue weighted by atomic mass is 9.94. The van der Waals surface area contributed by atoms with E-state index in [1.165, 1.54) is 0 Å². The van der Waals surface area contributed by atoms with Gasteiger partial charge in [0, 0.05) is 16.9 Å². The Balaban J connectivity index is 2.46. The van der Waals surface area contributed by atoms with E-state index in [-0.39, 0.29) is 0 Å². The van der Waals surface area contributed by atoms with Crippen molar-refractivity contribution >= 4 is 22.7 Å². The van der Waals surface area contributed by atoms with Gasteiger partial charge in [-0.2, -0.15) is 5.26 Å². The summed E-state index contributed by atoms with van der Waals surface area (Å²) in [6.45, 7) is 0. The molecule has 0 amide bonds. The van der Waals surface area contributed by atoms with Crippen molar-refractivity contribution in [3.05, 3.63) is 47.0 Å². The van der Waals surface area contributed by atoms with E-state index >= 15 is 0 Å². The molecular weight excluding hydrogens is 242 g/mol. The van der Waals surface area contributed by atoms with Gasteiger partial charge in [0.1, 0.15) is 0 Å². The second kappa shape index (κ2) is 3.97. The average Bonchev–Trinajstić information content (AvgIpc) is 2.42. The summed E-state index contributed by atoms with van der Waals surface area (Å²) in [6, 6.07) is 9.98. The molecule has 1 aliphatic rings. The Morgan fingerprint density at radius 2 is 1.74 bits per heavy atom. The molecule has 0 spiro atoms. The number of carbonyl (C=O) groups excluding carboxylic acids is 2. The zero-order valence-electron chi connectivity index (χ0n) is 9.56. The third kappa shape index (κ3) is 1.55. The molecule has 1 aliphatic heterocycles. The highest BCUT2D eigenvalue weighted by Gasteiger charge is 2.27. The molecule has 3 rings (SSSR count). The van der Waals surface area contributed by atoms with Gasteiger partial charge < -0.3 is 4.74 Å². The maximum absolute atomic E-state index is 11.7. The van der Waals surface area contributed by atoms with Gasteiger partial charge in [0.15, 0.2) is 6.07 Å². The van der Waals surface area contributed by atoms with E-state index in [9.17, 15) is 9.59 Å². The summed E-state index contributed by atoms with van der Waals surface area (Å²) in [5.41, 5.74) is 1.28. The maximum atomic E-state index is 11.7. The molecule has 0 aromatic heterocycles. The first kappa shape index (κ1) is 11.0. The molecule has 4 heteroatoms. The normalized spacial score (nSPS) is 12.4. The fourth-order valence-electron chi connectivity index (χ4n) is 2.15. The van der Waals surface area contributed by atoms with Crippen molar-refractivity contribution in [1.29, 1.82) is 5.26 Å². The fourth-order valence-corrected chi connectivity index (χ4v) is 2.15. The maximum Gasteiger partial charge on any atom is 0.346 e. The average molecular weight is 247 g/mol. The largest absolute Gasteiger partial charge is 0.386 e. The first-order chi connectivity index (χ1) is 9.22. The second-order valence-electron chi connectivity index (χ2n) is 3.93. The summed E-state index contributed by atoms with van der Waals surface area (Å²) in [7, 11) is 0. The number of hydrogen-bond donors (Lipinski definition) is 0. The van der Waals surface area contributed by atoms with Crippen molar-refractivity contribution in [2.45, 2.75) is 0 Å². The van der Waals surface area contributed by atoms with Gasteiger partial charge in [0.2, 0.25) is 0 Å². The van der Waals surface area contributed by atoms with Crippen molar-refractivity contribution in [3.8, 4) is 17.9 Å². The Morgan fingerprint density at radius 3 is 2.47 bits per heavy atom. The summed E-state index contributed by atoms with van der Waals surface area (Å²) in [4.78, 5) is 23.4. The summed E-state index contributed by atoms with van der Waals surface area (Å²) < 4.78 is 4.66. The van der Waals surface area contributed by atoms with Crippen LogP contribution in [0.5, 0.6) is 0 Å². The summed E-state index contributed by atoms with van der Waals surface area (Å²) in [5.74, 6) is 3.69. The van der Waals surface area contributed by atoms with Gasteiger partial charge in [-0.3, -0.25) is 0 Å². The summed E-state index contributed by atoms with van der Waals surface area (Å²) in [5, 5.41) is 9.70. The van der Waals surface area contributed by atoms with Crippen LogP contribution in [0.25, 0.3) is 10.8 Å². The summed E-state index contributed by atoms with van der Waals surface area (Å²) in [6.07, 6.45) is 0. The molecule has 2 aromatic carbocycles. The molecule has 88 valence electrons. The lowest BCUT2D eigenvalue weighted by molar-refractivity contribution is 0.0391. The van der Waals surface area contributed by atoms with Gasteiger partial charge >= 0.3 is 11.9 Å². The van der Waals surface area contributed by atoms with E-state index in [0.717, 1.165) is 0 Å². The third-order valence-corrected chi connectivity index (χ3v) is 2.92. The Labute approximate surface area is 108 Å². The molecule has 19 heavy (non-hydrogen) atoms. The number of cyclic esters (lactones) is 2. The highest BCUT2D eigenvalue weighted by molar-refractivity contribution is 6.21. The number of carbonyl (C=O) groups is 2. The van der Waals surface area contributed by atoms with Gasteiger partial charge in [-0.1, -0.05) is 18.1 Å². The minimum atomic E-state index is -0.659. The minimum Gasteiger partial charge on any atom is -0.386 e. The Hall–Kier alpha value is -3.11. The number of nitrogens with zero attached hydrogens (tertiary/aromatic N) is 1. The first-order valence-corrected chi connectivity index (χ1v) is 5.44. The predicted molar refractivity (Wildman–Crippen MR) is 66.2 cm³/mol. The van der Waals surface area contributed by atoms with Crippen LogP contribution in [0.1, 0.15) is 26.3 Å². The van der Waals surface area contributed by atoms with E-state index < -0.39 is 11.9 Å². The molecule has 0 saturated heterocycles. The van der Waals surface area contributed by atoms with Gasteiger partial charge in [-0.15, -0.1) is 0 Å². The van der Waals surface area contributed by atoms with Crippen LogP contribution < -0.4 is 0 Å². The van der Waals surface area contributed by atoms with E-state index in [0.29, 0.717) is 27.5 Å². The van der Waals surface area contributed by atoms with Crippen LogP contribution in [0.2, 0.25) is 0 Å². The number of nitriles is 1. The quantitative estimate of drug-likeness (QED) is 0.406. The molecular formula is C15H5NO3. The molecule has 0 saturated carbocycles. The lowest BCUT2D eigenvalue weighted by Crippen LogP contribution is -2.19. The highest BCUT2D eigenvalue weighted by Crippen LogP contribution is 2.30. The zero-order chi connectivity index (χ0) is 13.4. The van der Waals surface area contributed by atoms with E-state index in [4.69, 9.17) is 5.26 Å². The van der Waals surface area contributed by atoms with E-state index in [2.05, 4.69) is 16.6 Å². The second-order valence-corrected chi connectivity index (χ2v) is 3.93. The van der Waals surface area contributed by atoms with E-state index in [1.807, 2.05) is 0 Å². The topological polar surface area (TPSA) is 67.2 Å². The van der Waals surface area contributed by atoms with Crippen molar-refractivity contribution < 1.29 is 14.3 Å². The molecule has 0 fully saturated rings. The van der Waals surface area contributed by atoms with Gasteiger partial charge in [-0.05, 0) is 23.6 Å². The SMILES string of the molecule is N#CC#Cc1ccc2c3c(cccc13)C(=O)OC2=O. The zero-order valence-corrected chi connectivity index (χ0v) is 9.56. The fraction of sp³-hybridized carbons (Fsp3) is 0. The Bertz CT molecular complexity index is 827. The number of ether oxygens (including phenoxy) is 1. The van der Waals surface area contributed by atoms with Crippen LogP contribution in [0.3, 0.4) is 0 Å². The van der Waals surface area contributed by atoms with Crippen molar-refractivity contribution in [2.75, 3.05) is 0 Å². The molecule has 0 unspecified atom stereocenters. The smallest absolute Gasteiger partial charge is 0.346 e. The van der Waals surface area contributed by atoms with Crippen molar-refractivity contribution in [2.24, 2.45) is 0 Å².